The standard InChI is InChI=1S/C30H50N2O/c1-6-7-21-8-9-25-23-13-15-30(5)26(24(23)12-14-29(25,4)16-21)10-11-27(30)28(33)19-32-18-22(17-31-32)20(2)3/h17-18,20-21,23-28,33H,6-16,19H2,1-5H3. The molecule has 186 valence electrons. The van der Waals surface area contributed by atoms with Crippen LogP contribution in [0.15, 0.2) is 12.4 Å². The zero-order chi connectivity index (χ0) is 23.4. The number of fused-ring (bicyclic) bond motifs is 5. The second kappa shape index (κ2) is 8.99. The first-order valence-corrected chi connectivity index (χ1v) is 14.5. The molecule has 5 rings (SSSR count). The third kappa shape index (κ3) is 4.13. The lowest BCUT2D eigenvalue weighted by Crippen LogP contribution is -2.52. The Labute approximate surface area is 203 Å². The molecule has 0 amide bonds. The zero-order valence-corrected chi connectivity index (χ0v) is 22.1. The van der Waals surface area contributed by atoms with Gasteiger partial charge in [0.25, 0.3) is 0 Å². The van der Waals surface area contributed by atoms with Crippen molar-refractivity contribution in [3.63, 3.8) is 0 Å². The summed E-state index contributed by atoms with van der Waals surface area (Å²) in [5, 5.41) is 16.0. The number of aliphatic hydroxyl groups excluding tert-OH is 1. The van der Waals surface area contributed by atoms with Crippen LogP contribution in [0.5, 0.6) is 0 Å². The van der Waals surface area contributed by atoms with E-state index in [0.717, 1.165) is 29.6 Å². The highest BCUT2D eigenvalue weighted by Crippen LogP contribution is 2.67. The number of aromatic nitrogens is 2. The van der Waals surface area contributed by atoms with Crippen molar-refractivity contribution >= 4 is 0 Å². The third-order valence-corrected chi connectivity index (χ3v) is 11.5. The van der Waals surface area contributed by atoms with Crippen molar-refractivity contribution in [3.05, 3.63) is 18.0 Å². The van der Waals surface area contributed by atoms with Crippen molar-refractivity contribution in [1.82, 2.24) is 9.78 Å². The topological polar surface area (TPSA) is 38.0 Å². The van der Waals surface area contributed by atoms with Crippen LogP contribution < -0.4 is 0 Å². The molecule has 4 saturated carbocycles. The van der Waals surface area contributed by atoms with Crippen LogP contribution in [-0.2, 0) is 6.54 Å². The quantitative estimate of drug-likeness (QED) is 0.485. The van der Waals surface area contributed by atoms with E-state index in [0.29, 0.717) is 29.2 Å². The molecule has 4 aliphatic carbocycles. The Balaban J connectivity index is 1.28. The molecule has 33 heavy (non-hydrogen) atoms. The molecule has 0 bridgehead atoms. The van der Waals surface area contributed by atoms with Crippen molar-refractivity contribution in [2.75, 3.05) is 0 Å². The van der Waals surface area contributed by atoms with Gasteiger partial charge in [0.2, 0.25) is 0 Å². The number of aliphatic hydroxyl groups is 1. The van der Waals surface area contributed by atoms with Crippen LogP contribution in [0.4, 0.5) is 0 Å². The van der Waals surface area contributed by atoms with Crippen molar-refractivity contribution in [3.8, 4) is 0 Å². The smallest absolute Gasteiger partial charge is 0.0769 e. The van der Waals surface area contributed by atoms with Gasteiger partial charge in [0, 0.05) is 6.20 Å². The lowest BCUT2D eigenvalue weighted by atomic mass is 9.45. The first kappa shape index (κ1) is 23.9. The number of hydrogen-bond donors (Lipinski definition) is 1. The molecule has 9 unspecified atom stereocenters. The fraction of sp³-hybridized carbons (Fsp3) is 0.900. The van der Waals surface area contributed by atoms with Crippen LogP contribution in [0.2, 0.25) is 0 Å². The van der Waals surface area contributed by atoms with E-state index in [1.807, 2.05) is 10.9 Å². The van der Waals surface area contributed by atoms with Crippen LogP contribution in [0.3, 0.4) is 0 Å². The Hall–Kier alpha value is -0.830. The highest BCUT2D eigenvalue weighted by Gasteiger charge is 2.59. The molecule has 3 nitrogen and oxygen atoms in total. The normalized spacial score (nSPS) is 43.7. The summed E-state index contributed by atoms with van der Waals surface area (Å²) in [5.74, 6) is 5.59. The van der Waals surface area contributed by atoms with Crippen LogP contribution in [0, 0.1) is 46.3 Å². The van der Waals surface area contributed by atoms with E-state index in [2.05, 4.69) is 45.9 Å². The van der Waals surface area contributed by atoms with Gasteiger partial charge in [-0.2, -0.15) is 5.10 Å². The van der Waals surface area contributed by atoms with E-state index in [-0.39, 0.29) is 6.10 Å². The molecule has 4 aliphatic rings. The van der Waals surface area contributed by atoms with Crippen molar-refractivity contribution < 1.29 is 5.11 Å². The van der Waals surface area contributed by atoms with Gasteiger partial charge in [0.1, 0.15) is 0 Å². The summed E-state index contributed by atoms with van der Waals surface area (Å²) in [6.07, 6.45) is 19.4. The van der Waals surface area contributed by atoms with Crippen molar-refractivity contribution in [1.29, 1.82) is 0 Å². The average Bonchev–Trinajstić information content (AvgIpc) is 3.37. The molecular formula is C30H50N2O. The molecule has 0 radical (unpaired) electrons. The Morgan fingerprint density at radius 3 is 2.48 bits per heavy atom. The van der Waals surface area contributed by atoms with Gasteiger partial charge < -0.3 is 5.11 Å². The van der Waals surface area contributed by atoms with Gasteiger partial charge in [-0.1, -0.05) is 53.9 Å². The van der Waals surface area contributed by atoms with Crippen molar-refractivity contribution in [2.24, 2.45) is 46.3 Å². The Morgan fingerprint density at radius 2 is 1.76 bits per heavy atom. The molecule has 1 heterocycles. The summed E-state index contributed by atoms with van der Waals surface area (Å²) < 4.78 is 2.00. The molecule has 1 aromatic heterocycles. The summed E-state index contributed by atoms with van der Waals surface area (Å²) >= 11 is 0. The van der Waals surface area contributed by atoms with Gasteiger partial charge >= 0.3 is 0 Å². The van der Waals surface area contributed by atoms with E-state index in [4.69, 9.17) is 0 Å². The van der Waals surface area contributed by atoms with Crippen LogP contribution in [-0.4, -0.2) is 21.0 Å². The second-order valence-electron chi connectivity index (χ2n) is 13.6. The molecule has 0 saturated heterocycles. The Kier molecular flexibility index (Phi) is 6.51. The predicted molar refractivity (Wildman–Crippen MR) is 136 cm³/mol. The number of rotatable bonds is 6. The van der Waals surface area contributed by atoms with E-state index < -0.39 is 0 Å². The summed E-state index contributed by atoms with van der Waals surface area (Å²) in [4.78, 5) is 0. The van der Waals surface area contributed by atoms with E-state index in [1.165, 1.54) is 76.2 Å². The molecule has 1 aromatic rings. The van der Waals surface area contributed by atoms with E-state index in [1.54, 1.807) is 0 Å². The third-order valence-electron chi connectivity index (χ3n) is 11.5. The predicted octanol–water partition coefficient (Wildman–Crippen LogP) is 7.44. The first-order chi connectivity index (χ1) is 15.7. The summed E-state index contributed by atoms with van der Waals surface area (Å²) in [6, 6.07) is 0. The largest absolute Gasteiger partial charge is 0.391 e. The minimum absolute atomic E-state index is 0.269. The Morgan fingerprint density at radius 1 is 1.03 bits per heavy atom. The highest BCUT2D eigenvalue weighted by molar-refractivity contribution is 5.11. The summed E-state index contributed by atoms with van der Waals surface area (Å²) in [7, 11) is 0. The van der Waals surface area contributed by atoms with Crippen molar-refractivity contribution in [2.45, 2.75) is 124 Å². The molecular weight excluding hydrogens is 404 g/mol. The molecule has 0 aromatic carbocycles. The number of hydrogen-bond acceptors (Lipinski definition) is 2. The first-order valence-electron chi connectivity index (χ1n) is 14.5. The maximum Gasteiger partial charge on any atom is 0.0769 e. The lowest BCUT2D eigenvalue weighted by molar-refractivity contribution is -0.114. The van der Waals surface area contributed by atoms with Gasteiger partial charge in [0.05, 0.1) is 18.8 Å². The summed E-state index contributed by atoms with van der Waals surface area (Å²) in [6.45, 7) is 12.7. The highest BCUT2D eigenvalue weighted by atomic mass is 16.3. The molecule has 4 fully saturated rings. The van der Waals surface area contributed by atoms with Gasteiger partial charge in [-0.3, -0.25) is 4.68 Å². The minimum Gasteiger partial charge on any atom is -0.391 e. The maximum atomic E-state index is 11.4. The molecule has 9 atom stereocenters. The second-order valence-corrected chi connectivity index (χ2v) is 13.6. The fourth-order valence-electron chi connectivity index (χ4n) is 9.85. The summed E-state index contributed by atoms with van der Waals surface area (Å²) in [5.41, 5.74) is 2.21. The van der Waals surface area contributed by atoms with Gasteiger partial charge in [-0.05, 0) is 109 Å². The molecule has 3 heteroatoms. The zero-order valence-electron chi connectivity index (χ0n) is 22.1. The van der Waals surface area contributed by atoms with E-state index in [9.17, 15) is 5.11 Å². The minimum atomic E-state index is -0.269. The van der Waals surface area contributed by atoms with Crippen LogP contribution >= 0.6 is 0 Å². The van der Waals surface area contributed by atoms with Gasteiger partial charge in [0.15, 0.2) is 0 Å². The maximum absolute atomic E-state index is 11.4. The monoisotopic (exact) mass is 454 g/mol. The Bertz CT molecular complexity index is 816. The molecule has 0 spiro atoms. The van der Waals surface area contributed by atoms with Crippen LogP contribution in [0.25, 0.3) is 0 Å². The fourth-order valence-corrected chi connectivity index (χ4v) is 9.85. The SMILES string of the molecule is CCCC1CCC2C3CCC4(C)C(C(O)Cn5cc(C(C)C)cn5)CCC4C3CCC2(C)C1. The number of nitrogens with zero attached hydrogens (tertiary/aromatic N) is 2. The van der Waals surface area contributed by atoms with Gasteiger partial charge in [-0.25, -0.2) is 0 Å². The molecule has 1 N–H and O–H groups in total. The van der Waals surface area contributed by atoms with E-state index >= 15 is 0 Å². The van der Waals surface area contributed by atoms with Crippen LogP contribution in [0.1, 0.15) is 117 Å². The van der Waals surface area contributed by atoms with Gasteiger partial charge in [-0.15, -0.1) is 0 Å². The lowest BCUT2D eigenvalue weighted by Gasteiger charge is -2.60. The average molecular weight is 455 g/mol. The molecule has 0 aliphatic heterocycles.